The summed E-state index contributed by atoms with van der Waals surface area (Å²) in [6.45, 7) is 0. The molecule has 0 fully saturated rings. The van der Waals surface area contributed by atoms with Crippen molar-refractivity contribution in [2.24, 2.45) is 7.05 Å². The van der Waals surface area contributed by atoms with E-state index in [1.807, 2.05) is 0 Å². The lowest BCUT2D eigenvalue weighted by Gasteiger charge is -2.04. The summed E-state index contributed by atoms with van der Waals surface area (Å²) < 4.78 is 52.0. The Morgan fingerprint density at radius 2 is 1.89 bits per heavy atom. The number of halogens is 5. The molecule has 0 saturated heterocycles. The number of nitrogens with zero attached hydrogens (tertiary/aromatic N) is 2. The van der Waals surface area contributed by atoms with E-state index in [0.29, 0.717) is 10.0 Å². The minimum Gasteiger partial charge on any atom is -0.267 e. The number of hydrogen-bond acceptors (Lipinski definition) is 1. The van der Waals surface area contributed by atoms with E-state index < -0.39 is 17.7 Å². The molecule has 0 unspecified atom stereocenters. The van der Waals surface area contributed by atoms with Gasteiger partial charge in [0.1, 0.15) is 5.82 Å². The van der Waals surface area contributed by atoms with Crippen LogP contribution in [-0.2, 0) is 13.2 Å². The molecule has 0 aliphatic heterocycles. The van der Waals surface area contributed by atoms with Gasteiger partial charge in [0.25, 0.3) is 0 Å². The van der Waals surface area contributed by atoms with Gasteiger partial charge in [-0.2, -0.15) is 18.3 Å². The lowest BCUT2D eigenvalue weighted by atomic mass is 10.1. The Hall–Kier alpha value is -1.37. The number of hydrogen-bond donors (Lipinski definition) is 0. The van der Waals surface area contributed by atoms with Gasteiger partial charge in [0, 0.05) is 17.1 Å². The number of aryl methyl sites for hydroxylation is 1. The molecule has 0 atom stereocenters. The van der Waals surface area contributed by atoms with Crippen molar-refractivity contribution in [3.63, 3.8) is 0 Å². The Kier molecular flexibility index (Phi) is 3.18. The van der Waals surface area contributed by atoms with Gasteiger partial charge < -0.3 is 0 Å². The summed E-state index contributed by atoms with van der Waals surface area (Å²) in [6, 6.07) is 4.70. The monoisotopic (exact) mass is 322 g/mol. The molecule has 0 radical (unpaired) electrons. The van der Waals surface area contributed by atoms with Crippen molar-refractivity contribution in [3.8, 4) is 11.3 Å². The van der Waals surface area contributed by atoms with E-state index in [9.17, 15) is 17.6 Å². The summed E-state index contributed by atoms with van der Waals surface area (Å²) in [7, 11) is 1.40. The molecule has 2 aromatic rings. The third-order valence-corrected chi connectivity index (χ3v) is 3.03. The third kappa shape index (κ3) is 2.40. The fourth-order valence-corrected chi connectivity index (χ4v) is 2.11. The molecule has 1 aromatic carbocycles. The van der Waals surface area contributed by atoms with Crippen LogP contribution in [0.25, 0.3) is 11.3 Å². The smallest absolute Gasteiger partial charge is 0.267 e. The molecule has 18 heavy (non-hydrogen) atoms. The molecule has 96 valence electrons. The van der Waals surface area contributed by atoms with Crippen LogP contribution in [0.15, 0.2) is 28.7 Å². The van der Waals surface area contributed by atoms with Crippen LogP contribution in [-0.4, -0.2) is 9.78 Å². The van der Waals surface area contributed by atoms with Gasteiger partial charge in [0.2, 0.25) is 0 Å². The zero-order valence-electron chi connectivity index (χ0n) is 9.09. The van der Waals surface area contributed by atoms with E-state index in [1.54, 1.807) is 0 Å². The molecule has 1 heterocycles. The lowest BCUT2D eigenvalue weighted by molar-refractivity contribution is -0.141. The van der Waals surface area contributed by atoms with E-state index in [4.69, 9.17) is 0 Å². The molecular formula is C11H7BrF4N2. The lowest BCUT2D eigenvalue weighted by Crippen LogP contribution is -2.06. The van der Waals surface area contributed by atoms with Gasteiger partial charge in [-0.25, -0.2) is 4.39 Å². The summed E-state index contributed by atoms with van der Waals surface area (Å²) in [6.07, 6.45) is -4.50. The molecule has 0 N–H and O–H groups in total. The maximum absolute atomic E-state index is 12.9. The second-order valence-corrected chi connectivity index (χ2v) is 4.51. The number of rotatable bonds is 1. The first kappa shape index (κ1) is 13.1. The molecule has 2 nitrogen and oxygen atoms in total. The maximum atomic E-state index is 12.9. The Balaban J connectivity index is 2.55. The van der Waals surface area contributed by atoms with Gasteiger partial charge in [-0.1, -0.05) is 0 Å². The first-order chi connectivity index (χ1) is 8.29. The van der Waals surface area contributed by atoms with Crippen LogP contribution in [0.3, 0.4) is 0 Å². The topological polar surface area (TPSA) is 17.8 Å². The third-order valence-electron chi connectivity index (χ3n) is 2.38. The summed E-state index contributed by atoms with van der Waals surface area (Å²) in [5.74, 6) is -0.469. The largest absolute Gasteiger partial charge is 0.435 e. The van der Waals surface area contributed by atoms with E-state index in [2.05, 4.69) is 21.0 Å². The maximum Gasteiger partial charge on any atom is 0.435 e. The summed E-state index contributed by atoms with van der Waals surface area (Å²) in [5.41, 5.74) is -0.271. The summed E-state index contributed by atoms with van der Waals surface area (Å²) in [5, 5.41) is 3.40. The van der Waals surface area contributed by atoms with Crippen LogP contribution in [0.5, 0.6) is 0 Å². The van der Waals surface area contributed by atoms with Gasteiger partial charge >= 0.3 is 6.18 Å². The second kappa shape index (κ2) is 4.38. The molecule has 2 rings (SSSR count). The van der Waals surface area contributed by atoms with Crippen LogP contribution in [0.4, 0.5) is 17.6 Å². The number of alkyl halides is 3. The highest BCUT2D eigenvalue weighted by Crippen LogP contribution is 2.34. The highest BCUT2D eigenvalue weighted by Gasteiger charge is 2.34. The average Bonchev–Trinajstić information content (AvgIpc) is 2.60. The Morgan fingerprint density at radius 1 is 1.22 bits per heavy atom. The van der Waals surface area contributed by atoms with Gasteiger partial charge in [0.15, 0.2) is 5.69 Å². The van der Waals surface area contributed by atoms with Crippen LogP contribution in [0.2, 0.25) is 0 Å². The molecule has 1 aromatic heterocycles. The van der Waals surface area contributed by atoms with Gasteiger partial charge in [0.05, 0.1) is 5.69 Å². The molecule has 0 bridgehead atoms. The predicted octanol–water partition coefficient (Wildman–Crippen LogP) is 4.01. The highest BCUT2D eigenvalue weighted by atomic mass is 79.9. The van der Waals surface area contributed by atoms with Crippen LogP contribution in [0, 0.1) is 5.82 Å². The zero-order chi connectivity index (χ0) is 13.5. The Bertz CT molecular complexity index is 589. The van der Waals surface area contributed by atoms with E-state index >= 15 is 0 Å². The van der Waals surface area contributed by atoms with Crippen molar-refractivity contribution in [2.45, 2.75) is 6.18 Å². The van der Waals surface area contributed by atoms with Gasteiger partial charge in [-0.15, -0.1) is 0 Å². The summed E-state index contributed by atoms with van der Waals surface area (Å²) in [4.78, 5) is 0. The fourth-order valence-electron chi connectivity index (χ4n) is 1.56. The first-order valence-electron chi connectivity index (χ1n) is 4.85. The average molecular weight is 323 g/mol. The van der Waals surface area contributed by atoms with Gasteiger partial charge in [-0.05, 0) is 40.2 Å². The molecular weight excluding hydrogens is 316 g/mol. The van der Waals surface area contributed by atoms with Crippen molar-refractivity contribution in [2.75, 3.05) is 0 Å². The number of benzene rings is 1. The van der Waals surface area contributed by atoms with Crippen LogP contribution in [0.1, 0.15) is 5.69 Å². The van der Waals surface area contributed by atoms with Crippen molar-refractivity contribution in [1.29, 1.82) is 0 Å². The van der Waals surface area contributed by atoms with Crippen LogP contribution < -0.4 is 0 Å². The van der Waals surface area contributed by atoms with Crippen molar-refractivity contribution in [3.05, 3.63) is 40.2 Å². The van der Waals surface area contributed by atoms with Crippen LogP contribution >= 0.6 is 15.9 Å². The molecule has 0 aliphatic rings. The Labute approximate surface area is 108 Å². The number of aromatic nitrogens is 2. The van der Waals surface area contributed by atoms with E-state index in [-0.39, 0.29) is 5.69 Å². The molecule has 0 amide bonds. The van der Waals surface area contributed by atoms with Gasteiger partial charge in [-0.3, -0.25) is 4.68 Å². The SMILES string of the molecule is Cn1nc(C(F)(F)F)cc1-c1ccc(F)cc1Br. The highest BCUT2D eigenvalue weighted by molar-refractivity contribution is 9.10. The van der Waals surface area contributed by atoms with Crippen molar-refractivity contribution >= 4 is 15.9 Å². The standard InChI is InChI=1S/C11H7BrF4N2/c1-18-9(5-10(17-18)11(14,15)16)7-3-2-6(13)4-8(7)12/h2-5H,1H3. The molecule has 0 saturated carbocycles. The minimum absolute atomic E-state index is 0.259. The van der Waals surface area contributed by atoms with Crippen molar-refractivity contribution < 1.29 is 17.6 Å². The van der Waals surface area contributed by atoms with E-state index in [1.165, 1.54) is 25.2 Å². The normalized spacial score (nSPS) is 11.9. The molecule has 0 spiro atoms. The molecule has 7 heteroatoms. The quantitative estimate of drug-likeness (QED) is 0.725. The minimum atomic E-state index is -4.50. The second-order valence-electron chi connectivity index (χ2n) is 3.66. The zero-order valence-corrected chi connectivity index (χ0v) is 10.7. The first-order valence-corrected chi connectivity index (χ1v) is 5.65. The predicted molar refractivity (Wildman–Crippen MR) is 61.3 cm³/mol. The fraction of sp³-hybridized carbons (Fsp3) is 0.182. The van der Waals surface area contributed by atoms with Crippen molar-refractivity contribution in [1.82, 2.24) is 9.78 Å². The van der Waals surface area contributed by atoms with E-state index in [0.717, 1.165) is 10.7 Å². The Morgan fingerprint density at radius 3 is 2.39 bits per heavy atom. The summed E-state index contributed by atoms with van der Waals surface area (Å²) >= 11 is 3.12. The molecule has 0 aliphatic carbocycles.